The zero-order chi connectivity index (χ0) is 36.4. The Kier molecular flexibility index (Phi) is 9.00. The fourth-order valence-electron chi connectivity index (χ4n) is 5.66. The van der Waals surface area contributed by atoms with E-state index in [4.69, 9.17) is 4.74 Å². The van der Waals surface area contributed by atoms with Gasteiger partial charge in [0.2, 0.25) is 0 Å². The molecule has 0 saturated heterocycles. The molecule has 20 heteroatoms. The molecule has 4 aromatic rings. The number of phenolic OH excluding ortho intramolecular Hbond substituents is 3. The lowest BCUT2D eigenvalue weighted by Crippen LogP contribution is -2.09. The van der Waals surface area contributed by atoms with Gasteiger partial charge in [0.1, 0.15) is 23.0 Å². The van der Waals surface area contributed by atoms with E-state index in [1.54, 1.807) is 0 Å². The zero-order valence-corrected chi connectivity index (χ0v) is 28.2. The molecule has 0 aromatic heterocycles. The topological polar surface area (TPSA) is 287 Å². The third-order valence-electron chi connectivity index (χ3n) is 7.86. The maximum absolute atomic E-state index is 12.3. The monoisotopic (exact) mass is 758 g/mol. The van der Waals surface area contributed by atoms with Crippen LogP contribution in [-0.2, 0) is 66.2 Å². The fraction of sp³-hybridized carbons (Fsp3) is 0.172. The number of fused-ring (bicyclic) bond motifs is 8. The number of methoxy groups -OCH3 is 1. The Labute approximate surface area is 279 Å². The summed E-state index contributed by atoms with van der Waals surface area (Å²) in [6.45, 7) is 0. The molecule has 262 valence electrons. The minimum atomic E-state index is -5.00. The van der Waals surface area contributed by atoms with Crippen LogP contribution in [0.5, 0.6) is 23.0 Å². The van der Waals surface area contributed by atoms with Crippen molar-refractivity contribution in [1.82, 2.24) is 0 Å². The maximum atomic E-state index is 12.3. The van der Waals surface area contributed by atoms with Crippen LogP contribution in [0.1, 0.15) is 44.5 Å². The van der Waals surface area contributed by atoms with Crippen LogP contribution in [0.4, 0.5) is 0 Å². The lowest BCUT2D eigenvalue weighted by Gasteiger charge is -2.20. The first kappa shape index (κ1) is 36.0. The molecular formula is C29H26O16S4. The molecule has 0 atom stereocenters. The van der Waals surface area contributed by atoms with Crippen molar-refractivity contribution in [2.75, 3.05) is 7.11 Å². The van der Waals surface area contributed by atoms with Crippen LogP contribution in [0.15, 0.2) is 68.1 Å². The van der Waals surface area contributed by atoms with Gasteiger partial charge in [-0.25, -0.2) is 0 Å². The SMILES string of the molecule is COc1c2cc(S(=O)(=O)O)cc1Cc1cc(S(=O)(=O)O)cc(c1O)Cc1cc(S(=O)(=O)O)cc(c1O)Cc1cc(S(=O)(=O)O)cc(c1O)C2. The summed E-state index contributed by atoms with van der Waals surface area (Å²) in [5.41, 5.74) is -2.01. The first-order valence-electron chi connectivity index (χ1n) is 13.6. The molecule has 0 spiro atoms. The van der Waals surface area contributed by atoms with Crippen molar-refractivity contribution in [2.24, 2.45) is 0 Å². The fourth-order valence-corrected chi connectivity index (χ4v) is 7.99. The van der Waals surface area contributed by atoms with E-state index in [0.717, 1.165) is 55.6 Å². The molecule has 4 aromatic carbocycles. The lowest BCUT2D eigenvalue weighted by atomic mass is 9.91. The quantitative estimate of drug-likeness (QED) is 0.127. The standard InChI is InChI=1S/C29H26O16S4/c1-45-29-20-4-18-10-23(47(36,37)38)8-16(27(18)31)2-14-6-22(46(33,34)35)7-15(26(14)30)3-17-9-24(48(39,40)41)11-19(28(17)32)5-21(29)13-25(12-20)49(42,43)44/h6-13,30-32H,2-5H2,1H3,(H,33,34,35)(H,36,37,38)(H,39,40,41)(H,42,43,44). The summed E-state index contributed by atoms with van der Waals surface area (Å²) < 4.78 is 143. The van der Waals surface area contributed by atoms with Gasteiger partial charge in [0.15, 0.2) is 0 Å². The van der Waals surface area contributed by atoms with Gasteiger partial charge in [0.05, 0.1) is 26.7 Å². The highest BCUT2D eigenvalue weighted by Gasteiger charge is 2.27. The van der Waals surface area contributed by atoms with Crippen LogP contribution < -0.4 is 4.74 Å². The molecule has 16 nitrogen and oxygen atoms in total. The third kappa shape index (κ3) is 7.35. The first-order chi connectivity index (χ1) is 22.5. The van der Waals surface area contributed by atoms with E-state index in [1.807, 2.05) is 0 Å². The van der Waals surface area contributed by atoms with Crippen molar-refractivity contribution >= 4 is 40.5 Å². The van der Waals surface area contributed by atoms with Gasteiger partial charge < -0.3 is 20.1 Å². The maximum Gasteiger partial charge on any atom is 0.294 e. The average Bonchev–Trinajstić information content (AvgIpc) is 2.96. The van der Waals surface area contributed by atoms with Crippen molar-refractivity contribution < 1.29 is 71.9 Å². The average molecular weight is 759 g/mol. The van der Waals surface area contributed by atoms with Gasteiger partial charge in [-0.15, -0.1) is 0 Å². The van der Waals surface area contributed by atoms with E-state index in [-0.39, 0.29) is 50.3 Å². The lowest BCUT2D eigenvalue weighted by molar-refractivity contribution is 0.404. The number of ether oxygens (including phenoxy) is 1. The second-order valence-electron chi connectivity index (χ2n) is 11.2. The van der Waals surface area contributed by atoms with Gasteiger partial charge in [0, 0.05) is 70.2 Å². The Morgan fingerprint density at radius 2 is 0.592 bits per heavy atom. The van der Waals surface area contributed by atoms with Crippen molar-refractivity contribution in [2.45, 2.75) is 45.3 Å². The molecule has 0 unspecified atom stereocenters. The van der Waals surface area contributed by atoms with Gasteiger partial charge >= 0.3 is 0 Å². The number of benzene rings is 4. The molecule has 0 aliphatic heterocycles. The number of rotatable bonds is 5. The number of hydrogen-bond acceptors (Lipinski definition) is 12. The van der Waals surface area contributed by atoms with Crippen molar-refractivity contribution in [3.8, 4) is 23.0 Å². The molecule has 0 heterocycles. The number of phenols is 3. The van der Waals surface area contributed by atoms with E-state index in [2.05, 4.69) is 0 Å². The summed E-state index contributed by atoms with van der Waals surface area (Å²) in [6, 6.07) is 6.83. The van der Waals surface area contributed by atoms with Gasteiger partial charge in [-0.2, -0.15) is 33.7 Å². The smallest absolute Gasteiger partial charge is 0.294 e. The molecule has 8 bridgehead atoms. The zero-order valence-electron chi connectivity index (χ0n) is 24.9. The highest BCUT2D eigenvalue weighted by Crippen LogP contribution is 2.41. The summed E-state index contributed by atoms with van der Waals surface area (Å²) in [6.07, 6.45) is -2.40. The highest BCUT2D eigenvalue weighted by atomic mass is 32.2. The van der Waals surface area contributed by atoms with E-state index >= 15 is 0 Å². The van der Waals surface area contributed by atoms with Gasteiger partial charge in [-0.05, 0) is 48.5 Å². The van der Waals surface area contributed by atoms with Crippen LogP contribution >= 0.6 is 0 Å². The summed E-state index contributed by atoms with van der Waals surface area (Å²) >= 11 is 0. The first-order valence-corrected chi connectivity index (χ1v) is 19.4. The van der Waals surface area contributed by atoms with E-state index in [1.165, 1.54) is 0 Å². The van der Waals surface area contributed by atoms with Crippen LogP contribution in [0.2, 0.25) is 0 Å². The molecule has 1 aliphatic carbocycles. The van der Waals surface area contributed by atoms with Gasteiger partial charge in [0.25, 0.3) is 40.5 Å². The Morgan fingerprint density at radius 1 is 0.408 bits per heavy atom. The van der Waals surface area contributed by atoms with Crippen molar-refractivity contribution in [1.29, 1.82) is 0 Å². The molecule has 5 rings (SSSR count). The molecule has 49 heavy (non-hydrogen) atoms. The normalized spacial score (nSPS) is 14.0. The molecule has 0 fully saturated rings. The van der Waals surface area contributed by atoms with Crippen LogP contribution in [-0.4, -0.2) is 74.3 Å². The predicted molar refractivity (Wildman–Crippen MR) is 168 cm³/mol. The Hall–Kier alpha value is -4.28. The number of hydrogen-bond donors (Lipinski definition) is 7. The Bertz CT molecular complexity index is 2370. The van der Waals surface area contributed by atoms with E-state index in [9.17, 15) is 67.2 Å². The summed E-state index contributed by atoms with van der Waals surface area (Å²) in [5.74, 6) is -2.07. The van der Waals surface area contributed by atoms with Crippen molar-refractivity contribution in [3.63, 3.8) is 0 Å². The Morgan fingerprint density at radius 3 is 0.776 bits per heavy atom. The van der Waals surface area contributed by atoms with E-state index in [0.29, 0.717) is 0 Å². The summed E-state index contributed by atoms with van der Waals surface area (Å²) in [5, 5.41) is 33.9. The third-order valence-corrected chi connectivity index (χ3v) is 11.2. The van der Waals surface area contributed by atoms with Gasteiger partial charge in [-0.3, -0.25) is 18.2 Å². The number of aromatic hydroxyl groups is 3. The highest BCUT2D eigenvalue weighted by molar-refractivity contribution is 7.86. The molecule has 0 amide bonds. The van der Waals surface area contributed by atoms with Crippen LogP contribution in [0, 0.1) is 0 Å². The summed E-state index contributed by atoms with van der Waals surface area (Å²) in [7, 11) is -18.8. The van der Waals surface area contributed by atoms with E-state index < -0.39 is 103 Å². The Balaban J connectivity index is 1.95. The molecule has 7 N–H and O–H groups in total. The minimum absolute atomic E-state index is 0.0994. The molecule has 1 aliphatic rings. The van der Waals surface area contributed by atoms with Crippen LogP contribution in [0.3, 0.4) is 0 Å². The summed E-state index contributed by atoms with van der Waals surface area (Å²) in [4.78, 5) is -3.02. The van der Waals surface area contributed by atoms with Gasteiger partial charge in [-0.1, -0.05) is 0 Å². The predicted octanol–water partition coefficient (Wildman–Crippen LogP) is 2.48. The van der Waals surface area contributed by atoms with Crippen LogP contribution in [0.25, 0.3) is 0 Å². The largest absolute Gasteiger partial charge is 0.507 e. The minimum Gasteiger partial charge on any atom is -0.507 e. The molecular weight excluding hydrogens is 733 g/mol. The second-order valence-corrected chi connectivity index (χ2v) is 16.8. The second kappa shape index (κ2) is 12.2. The molecule has 0 saturated carbocycles. The van der Waals surface area contributed by atoms with Crippen molar-refractivity contribution in [3.05, 3.63) is 93.0 Å². The molecule has 0 radical (unpaired) electrons.